The van der Waals surface area contributed by atoms with E-state index in [0.29, 0.717) is 11.8 Å². The smallest absolute Gasteiger partial charge is 0.134 e. The number of benzene rings is 2. The van der Waals surface area contributed by atoms with E-state index in [0.717, 1.165) is 41.4 Å². The van der Waals surface area contributed by atoms with Crippen molar-refractivity contribution >= 4 is 0 Å². The van der Waals surface area contributed by atoms with E-state index in [1.807, 2.05) is 18.2 Å². The van der Waals surface area contributed by atoms with Gasteiger partial charge in [0.2, 0.25) is 0 Å². The number of halogens is 1. The van der Waals surface area contributed by atoms with E-state index in [-0.39, 0.29) is 5.82 Å². The Morgan fingerprint density at radius 3 is 1.77 bits per heavy atom. The van der Waals surface area contributed by atoms with Gasteiger partial charge in [0.05, 0.1) is 0 Å². The SMILES string of the molecule is CCCC1CCC(c2c(F)c(-c3ccccc3)ccc2[C@H]2CC[C@H](CCC)CC2)CC1. The number of rotatable bonds is 7. The summed E-state index contributed by atoms with van der Waals surface area (Å²) in [6.45, 7) is 4.60. The van der Waals surface area contributed by atoms with E-state index < -0.39 is 0 Å². The fourth-order valence-corrected chi connectivity index (χ4v) is 6.54. The van der Waals surface area contributed by atoms with Crippen molar-refractivity contribution in [1.29, 1.82) is 0 Å². The Morgan fingerprint density at radius 1 is 0.677 bits per heavy atom. The molecule has 0 N–H and O–H groups in total. The van der Waals surface area contributed by atoms with E-state index >= 15 is 4.39 Å². The summed E-state index contributed by atoms with van der Waals surface area (Å²) >= 11 is 0. The maximum Gasteiger partial charge on any atom is 0.134 e. The van der Waals surface area contributed by atoms with Gasteiger partial charge >= 0.3 is 0 Å². The van der Waals surface area contributed by atoms with Crippen LogP contribution in [0.2, 0.25) is 0 Å². The Bertz CT molecular complexity index is 808. The van der Waals surface area contributed by atoms with Gasteiger partial charge in [-0.1, -0.05) is 82.0 Å². The molecule has 0 radical (unpaired) electrons. The molecule has 2 aromatic rings. The predicted molar refractivity (Wildman–Crippen MR) is 131 cm³/mol. The molecule has 0 spiro atoms. The molecule has 1 heteroatoms. The van der Waals surface area contributed by atoms with Crippen molar-refractivity contribution in [3.05, 3.63) is 59.4 Å². The minimum absolute atomic E-state index is 0.0818. The molecule has 0 unspecified atom stereocenters. The zero-order valence-corrected chi connectivity index (χ0v) is 19.7. The lowest BCUT2D eigenvalue weighted by atomic mass is 9.71. The fraction of sp³-hybridized carbons (Fsp3) is 0.600. The van der Waals surface area contributed by atoms with Gasteiger partial charge in [-0.25, -0.2) is 4.39 Å². The first kappa shape index (κ1) is 22.6. The molecule has 0 aliphatic heterocycles. The first-order valence-corrected chi connectivity index (χ1v) is 13.1. The topological polar surface area (TPSA) is 0 Å². The highest BCUT2D eigenvalue weighted by Crippen LogP contribution is 2.46. The highest BCUT2D eigenvalue weighted by Gasteiger charge is 2.31. The van der Waals surface area contributed by atoms with Crippen LogP contribution in [0.3, 0.4) is 0 Å². The van der Waals surface area contributed by atoms with Crippen molar-refractivity contribution in [2.75, 3.05) is 0 Å². The Labute approximate surface area is 189 Å². The number of hydrogen-bond acceptors (Lipinski definition) is 0. The van der Waals surface area contributed by atoms with Crippen molar-refractivity contribution in [2.45, 2.75) is 103 Å². The molecule has 0 amide bonds. The summed E-state index contributed by atoms with van der Waals surface area (Å²) in [6.07, 6.45) is 15.3. The molecule has 0 aromatic heterocycles. The van der Waals surface area contributed by atoms with Crippen LogP contribution in [0.25, 0.3) is 11.1 Å². The van der Waals surface area contributed by atoms with Gasteiger partial charge in [0.15, 0.2) is 0 Å². The summed E-state index contributed by atoms with van der Waals surface area (Å²) in [7, 11) is 0. The average molecular weight is 421 g/mol. The standard InChI is InChI=1S/C30H41F/c1-3-8-22-12-16-25(17-13-22)27-20-21-28(24-10-6-5-7-11-24)30(31)29(27)26-18-14-23(9-4-2)15-19-26/h5-7,10-11,20-23,25-26H,3-4,8-9,12-19H2,1-2H3/t22-,23?,25-,26?. The Hall–Kier alpha value is -1.63. The average Bonchev–Trinajstić information content (AvgIpc) is 2.81. The Balaban J connectivity index is 1.64. The normalized spacial score (nSPS) is 26.7. The second kappa shape index (κ2) is 10.8. The van der Waals surface area contributed by atoms with Gasteiger partial charge in [-0.2, -0.15) is 0 Å². The molecule has 0 saturated heterocycles. The molecular formula is C30H41F. The molecule has 2 aliphatic rings. The van der Waals surface area contributed by atoms with E-state index in [1.165, 1.54) is 69.8 Å². The molecule has 0 atom stereocenters. The van der Waals surface area contributed by atoms with Crippen molar-refractivity contribution < 1.29 is 4.39 Å². The molecular weight excluding hydrogens is 379 g/mol. The summed E-state index contributed by atoms with van der Waals surface area (Å²) in [5.41, 5.74) is 4.26. The van der Waals surface area contributed by atoms with E-state index in [9.17, 15) is 0 Å². The first-order valence-electron chi connectivity index (χ1n) is 13.1. The zero-order chi connectivity index (χ0) is 21.6. The van der Waals surface area contributed by atoms with Crippen LogP contribution < -0.4 is 0 Å². The Morgan fingerprint density at radius 2 is 1.23 bits per heavy atom. The van der Waals surface area contributed by atoms with Crippen LogP contribution in [0, 0.1) is 17.7 Å². The molecule has 2 aliphatic carbocycles. The van der Waals surface area contributed by atoms with Crippen LogP contribution in [0.1, 0.15) is 114 Å². The highest BCUT2D eigenvalue weighted by molar-refractivity contribution is 5.66. The number of hydrogen-bond donors (Lipinski definition) is 0. The largest absolute Gasteiger partial charge is 0.206 e. The minimum Gasteiger partial charge on any atom is -0.206 e. The molecule has 2 aromatic carbocycles. The van der Waals surface area contributed by atoms with Crippen LogP contribution in [0.4, 0.5) is 4.39 Å². The molecule has 0 nitrogen and oxygen atoms in total. The van der Waals surface area contributed by atoms with Gasteiger partial charge in [-0.3, -0.25) is 0 Å². The third-order valence-electron chi connectivity index (χ3n) is 8.23. The molecule has 2 fully saturated rings. The van der Waals surface area contributed by atoms with Crippen molar-refractivity contribution in [1.82, 2.24) is 0 Å². The summed E-state index contributed by atoms with van der Waals surface area (Å²) in [5, 5.41) is 0. The van der Waals surface area contributed by atoms with Crippen molar-refractivity contribution in [3.63, 3.8) is 0 Å². The highest BCUT2D eigenvalue weighted by atomic mass is 19.1. The summed E-state index contributed by atoms with van der Waals surface area (Å²) < 4.78 is 16.2. The Kier molecular flexibility index (Phi) is 7.86. The molecule has 0 heterocycles. The van der Waals surface area contributed by atoms with Crippen LogP contribution in [0.5, 0.6) is 0 Å². The summed E-state index contributed by atoms with van der Waals surface area (Å²) in [5.74, 6) is 2.78. The predicted octanol–water partition coefficient (Wildman–Crippen LogP) is 9.64. The molecule has 168 valence electrons. The summed E-state index contributed by atoms with van der Waals surface area (Å²) in [4.78, 5) is 0. The van der Waals surface area contributed by atoms with E-state index in [1.54, 1.807) is 0 Å². The van der Waals surface area contributed by atoms with Gasteiger partial charge in [0, 0.05) is 5.56 Å². The second-order valence-corrected chi connectivity index (χ2v) is 10.3. The van der Waals surface area contributed by atoms with Gasteiger partial charge in [-0.05, 0) is 91.7 Å². The molecule has 2 saturated carbocycles. The maximum absolute atomic E-state index is 16.2. The van der Waals surface area contributed by atoms with Crippen molar-refractivity contribution in [2.24, 2.45) is 11.8 Å². The maximum atomic E-state index is 16.2. The minimum atomic E-state index is 0.0818. The van der Waals surface area contributed by atoms with Crippen LogP contribution in [0.15, 0.2) is 42.5 Å². The monoisotopic (exact) mass is 420 g/mol. The summed E-state index contributed by atoms with van der Waals surface area (Å²) in [6, 6.07) is 14.5. The quantitative estimate of drug-likeness (QED) is 0.418. The lowest BCUT2D eigenvalue weighted by Crippen LogP contribution is -2.19. The molecule has 31 heavy (non-hydrogen) atoms. The fourth-order valence-electron chi connectivity index (χ4n) is 6.54. The third-order valence-corrected chi connectivity index (χ3v) is 8.23. The molecule has 0 bridgehead atoms. The van der Waals surface area contributed by atoms with Gasteiger partial charge in [0.25, 0.3) is 0 Å². The van der Waals surface area contributed by atoms with Crippen LogP contribution in [-0.2, 0) is 0 Å². The van der Waals surface area contributed by atoms with E-state index in [2.05, 4.69) is 38.1 Å². The zero-order valence-electron chi connectivity index (χ0n) is 19.7. The van der Waals surface area contributed by atoms with Gasteiger partial charge in [0.1, 0.15) is 5.82 Å². The van der Waals surface area contributed by atoms with Crippen LogP contribution >= 0.6 is 0 Å². The van der Waals surface area contributed by atoms with Crippen LogP contribution in [-0.4, -0.2) is 0 Å². The van der Waals surface area contributed by atoms with E-state index in [4.69, 9.17) is 0 Å². The second-order valence-electron chi connectivity index (χ2n) is 10.3. The lowest BCUT2D eigenvalue weighted by molar-refractivity contribution is 0.293. The van der Waals surface area contributed by atoms with Crippen molar-refractivity contribution in [3.8, 4) is 11.1 Å². The first-order chi connectivity index (χ1) is 15.2. The molecule has 4 rings (SSSR count). The third kappa shape index (κ3) is 5.24. The lowest BCUT2D eigenvalue weighted by Gasteiger charge is -2.34. The van der Waals surface area contributed by atoms with Gasteiger partial charge in [-0.15, -0.1) is 0 Å². The van der Waals surface area contributed by atoms with Gasteiger partial charge < -0.3 is 0 Å².